The number of hydrogen-bond donors (Lipinski definition) is 0. The first kappa shape index (κ1) is 9.34. The second-order valence-corrected chi connectivity index (χ2v) is 4.02. The van der Waals surface area contributed by atoms with Crippen molar-refractivity contribution in [3.63, 3.8) is 0 Å². The first-order valence-electron chi connectivity index (χ1n) is 4.43. The van der Waals surface area contributed by atoms with Gasteiger partial charge in [-0.1, -0.05) is 25.1 Å². The predicted octanol–water partition coefficient (Wildman–Crippen LogP) is 3.42. The molecule has 0 atom stereocenters. The van der Waals surface area contributed by atoms with Crippen molar-refractivity contribution < 1.29 is 9.18 Å². The Morgan fingerprint density at radius 1 is 1.50 bits per heavy atom. The summed E-state index contributed by atoms with van der Waals surface area (Å²) in [5.41, 5.74) is 1.29. The Labute approximate surface area is 85.2 Å². The van der Waals surface area contributed by atoms with Crippen LogP contribution in [-0.4, -0.2) is 6.29 Å². The molecule has 0 aliphatic rings. The topological polar surface area (TPSA) is 17.1 Å². The molecule has 0 radical (unpaired) electrons. The Kier molecular flexibility index (Phi) is 2.33. The van der Waals surface area contributed by atoms with Gasteiger partial charge in [-0.3, -0.25) is 4.79 Å². The molecule has 3 heteroatoms. The fourth-order valence-electron chi connectivity index (χ4n) is 1.59. The smallest absolute Gasteiger partial charge is 0.180 e. The summed E-state index contributed by atoms with van der Waals surface area (Å²) in [6.45, 7) is 1.91. The summed E-state index contributed by atoms with van der Waals surface area (Å²) in [4.78, 5) is 10.7. The summed E-state index contributed by atoms with van der Waals surface area (Å²) in [6, 6.07) is 5.36. The minimum absolute atomic E-state index is 0.170. The number of aldehydes is 1. The number of benzene rings is 1. The van der Waals surface area contributed by atoms with Crippen LogP contribution in [0.15, 0.2) is 18.2 Å². The molecule has 1 aromatic heterocycles. The average Bonchev–Trinajstić information content (AvgIpc) is 2.52. The van der Waals surface area contributed by atoms with Gasteiger partial charge in [0.2, 0.25) is 0 Å². The molecule has 72 valence electrons. The van der Waals surface area contributed by atoms with Crippen molar-refractivity contribution in [2.45, 2.75) is 13.3 Å². The average molecular weight is 208 g/mol. The van der Waals surface area contributed by atoms with Gasteiger partial charge in [0.15, 0.2) is 11.4 Å². The monoisotopic (exact) mass is 208 g/mol. The van der Waals surface area contributed by atoms with E-state index in [0.717, 1.165) is 27.7 Å². The van der Waals surface area contributed by atoms with Crippen molar-refractivity contribution in [3.05, 3.63) is 34.5 Å². The minimum atomic E-state index is -0.170. The predicted molar refractivity (Wildman–Crippen MR) is 56.5 cm³/mol. The largest absolute Gasteiger partial charge is 0.298 e. The number of aryl methyl sites for hydroxylation is 1. The van der Waals surface area contributed by atoms with E-state index >= 15 is 0 Å². The molecular weight excluding hydrogens is 199 g/mol. The lowest BCUT2D eigenvalue weighted by molar-refractivity contribution is 0.112. The van der Waals surface area contributed by atoms with Gasteiger partial charge in [-0.15, -0.1) is 11.3 Å². The van der Waals surface area contributed by atoms with Crippen LogP contribution in [0.5, 0.6) is 0 Å². The quantitative estimate of drug-likeness (QED) is 0.691. The van der Waals surface area contributed by atoms with Crippen LogP contribution in [0.4, 0.5) is 4.39 Å². The number of rotatable bonds is 2. The highest BCUT2D eigenvalue weighted by Crippen LogP contribution is 2.32. The van der Waals surface area contributed by atoms with Gasteiger partial charge in [0.05, 0.1) is 0 Å². The Balaban J connectivity index is 2.85. The van der Waals surface area contributed by atoms with Gasteiger partial charge in [-0.25, -0.2) is 0 Å². The van der Waals surface area contributed by atoms with Crippen molar-refractivity contribution >= 4 is 27.7 Å². The van der Waals surface area contributed by atoms with E-state index in [-0.39, 0.29) is 5.13 Å². The third-order valence-electron chi connectivity index (χ3n) is 2.28. The van der Waals surface area contributed by atoms with Crippen LogP contribution >= 0.6 is 11.3 Å². The molecule has 14 heavy (non-hydrogen) atoms. The van der Waals surface area contributed by atoms with E-state index in [2.05, 4.69) is 0 Å². The molecule has 1 nitrogen and oxygen atoms in total. The van der Waals surface area contributed by atoms with Crippen LogP contribution in [0.3, 0.4) is 0 Å². The zero-order valence-corrected chi connectivity index (χ0v) is 8.53. The summed E-state index contributed by atoms with van der Waals surface area (Å²) >= 11 is 1.06. The molecule has 0 saturated carbocycles. The lowest BCUT2D eigenvalue weighted by atomic mass is 10.1. The Morgan fingerprint density at radius 2 is 2.29 bits per heavy atom. The molecule has 0 saturated heterocycles. The third-order valence-corrected chi connectivity index (χ3v) is 3.37. The Morgan fingerprint density at radius 3 is 2.93 bits per heavy atom. The lowest BCUT2D eigenvalue weighted by Gasteiger charge is -1.95. The first-order valence-corrected chi connectivity index (χ1v) is 5.24. The molecule has 0 amide bonds. The fourth-order valence-corrected chi connectivity index (χ4v) is 2.68. The fraction of sp³-hybridized carbons (Fsp3) is 0.182. The summed E-state index contributed by atoms with van der Waals surface area (Å²) < 4.78 is 14.2. The number of carbonyl (C=O) groups excluding carboxylic acids is 1. The minimum Gasteiger partial charge on any atom is -0.298 e. The SMILES string of the molecule is CCc1c(F)sc2c(C=O)cccc12. The van der Waals surface area contributed by atoms with Gasteiger partial charge in [0.1, 0.15) is 0 Å². The first-order chi connectivity index (χ1) is 6.77. The molecule has 1 aromatic carbocycles. The number of carbonyl (C=O) groups is 1. The summed E-state index contributed by atoms with van der Waals surface area (Å²) in [5, 5.41) is 0.705. The molecule has 1 heterocycles. The number of hydrogen-bond acceptors (Lipinski definition) is 2. The standard InChI is InChI=1S/C11H9FOS/c1-2-8-9-5-3-4-7(6-13)10(9)14-11(8)12/h3-6H,2H2,1H3. The van der Waals surface area contributed by atoms with Crippen LogP contribution in [0.2, 0.25) is 0 Å². The van der Waals surface area contributed by atoms with Gasteiger partial charge >= 0.3 is 0 Å². The molecule has 0 aliphatic heterocycles. The highest BCUT2D eigenvalue weighted by Gasteiger charge is 2.12. The number of halogens is 1. The van der Waals surface area contributed by atoms with Crippen LogP contribution in [-0.2, 0) is 6.42 Å². The highest BCUT2D eigenvalue weighted by atomic mass is 32.1. The summed E-state index contributed by atoms with van der Waals surface area (Å²) in [5.74, 6) is 0. The molecule has 2 aromatic rings. The van der Waals surface area contributed by atoms with Gasteiger partial charge in [-0.2, -0.15) is 4.39 Å². The second kappa shape index (κ2) is 3.50. The van der Waals surface area contributed by atoms with Gasteiger partial charge < -0.3 is 0 Å². The molecule has 0 fully saturated rings. The molecule has 0 aliphatic carbocycles. The molecule has 0 unspecified atom stereocenters. The van der Waals surface area contributed by atoms with Crippen LogP contribution in [0.1, 0.15) is 22.8 Å². The molecule has 0 N–H and O–H groups in total. The zero-order valence-electron chi connectivity index (χ0n) is 7.71. The van der Waals surface area contributed by atoms with E-state index in [0.29, 0.717) is 17.5 Å². The number of fused-ring (bicyclic) bond motifs is 1. The highest BCUT2D eigenvalue weighted by molar-refractivity contribution is 7.18. The third kappa shape index (κ3) is 1.24. The maximum Gasteiger partial charge on any atom is 0.180 e. The molecular formula is C11H9FOS. The van der Waals surface area contributed by atoms with E-state index in [1.165, 1.54) is 0 Å². The maximum atomic E-state index is 13.4. The zero-order chi connectivity index (χ0) is 10.1. The van der Waals surface area contributed by atoms with Crippen molar-refractivity contribution in [1.29, 1.82) is 0 Å². The Bertz CT molecular complexity index is 487. The van der Waals surface area contributed by atoms with E-state index in [1.54, 1.807) is 12.1 Å². The van der Waals surface area contributed by atoms with Gasteiger partial charge in [-0.05, 0) is 11.8 Å². The summed E-state index contributed by atoms with van der Waals surface area (Å²) in [7, 11) is 0. The van der Waals surface area contributed by atoms with E-state index in [4.69, 9.17) is 0 Å². The van der Waals surface area contributed by atoms with Crippen LogP contribution in [0.25, 0.3) is 10.1 Å². The maximum absolute atomic E-state index is 13.4. The molecule has 0 spiro atoms. The van der Waals surface area contributed by atoms with E-state index in [9.17, 15) is 9.18 Å². The van der Waals surface area contributed by atoms with Crippen molar-refractivity contribution in [3.8, 4) is 0 Å². The lowest BCUT2D eigenvalue weighted by Crippen LogP contribution is -1.82. The van der Waals surface area contributed by atoms with Crippen molar-refractivity contribution in [2.75, 3.05) is 0 Å². The normalized spacial score (nSPS) is 10.7. The molecule has 0 bridgehead atoms. The molecule has 2 rings (SSSR count). The van der Waals surface area contributed by atoms with Crippen molar-refractivity contribution in [1.82, 2.24) is 0 Å². The summed E-state index contributed by atoms with van der Waals surface area (Å²) in [6.07, 6.45) is 1.44. The Hall–Kier alpha value is -1.22. The van der Waals surface area contributed by atoms with Crippen molar-refractivity contribution in [2.24, 2.45) is 0 Å². The van der Waals surface area contributed by atoms with Crippen LogP contribution in [0, 0.1) is 5.13 Å². The van der Waals surface area contributed by atoms with Gasteiger partial charge in [0.25, 0.3) is 0 Å². The number of thiophene rings is 1. The van der Waals surface area contributed by atoms with Crippen LogP contribution < -0.4 is 0 Å². The van der Waals surface area contributed by atoms with Gasteiger partial charge in [0, 0.05) is 15.8 Å². The van der Waals surface area contributed by atoms with E-state index < -0.39 is 0 Å². The second-order valence-electron chi connectivity index (χ2n) is 3.05. The van der Waals surface area contributed by atoms with E-state index in [1.807, 2.05) is 13.0 Å².